The summed E-state index contributed by atoms with van der Waals surface area (Å²) in [5.41, 5.74) is 0. The molecule has 1 aromatic carbocycles. The fourth-order valence-corrected chi connectivity index (χ4v) is 6.01. The Balaban J connectivity index is 1.96. The Morgan fingerprint density at radius 2 is 2.07 bits per heavy atom. The van der Waals surface area contributed by atoms with Gasteiger partial charge in [0.1, 0.15) is 33.3 Å². The van der Waals surface area contributed by atoms with Crippen molar-refractivity contribution in [3.8, 4) is 5.75 Å². The van der Waals surface area contributed by atoms with E-state index in [4.69, 9.17) is 16.3 Å². The first-order valence-electron chi connectivity index (χ1n) is 8.71. The summed E-state index contributed by atoms with van der Waals surface area (Å²) in [5.74, 6) is -0.950. The number of halogens is 2. The van der Waals surface area contributed by atoms with Crippen molar-refractivity contribution in [2.24, 2.45) is 0 Å². The molecule has 148 valence electrons. The molecule has 2 atom stereocenters. The Bertz CT molecular complexity index is 888. The number of likely N-dealkylation sites (N-methyl/N-ethyl adjacent to an activating group) is 1. The number of hydrogen-bond acceptors (Lipinski definition) is 6. The van der Waals surface area contributed by atoms with Gasteiger partial charge in [0.25, 0.3) is 0 Å². The molecule has 1 aromatic heterocycles. The van der Waals surface area contributed by atoms with Gasteiger partial charge in [0, 0.05) is 23.7 Å². The van der Waals surface area contributed by atoms with E-state index in [9.17, 15) is 12.8 Å². The summed E-state index contributed by atoms with van der Waals surface area (Å²) in [7, 11) is 0.151. The standard InChI is InChI=1S/C18H22ClFN2O3S2/c1-22(2)14-5-3-4-6-15(14)25-16-10-13(20)12(19)9-17(16)27(23,24)11-18-21-7-8-26-18/h7-10,14-15H,3-6,11H2,1-2H3/t14-,15-/m0/s1. The van der Waals surface area contributed by atoms with Gasteiger partial charge in [-0.05, 0) is 39.4 Å². The van der Waals surface area contributed by atoms with E-state index in [1.165, 1.54) is 11.3 Å². The lowest BCUT2D eigenvalue weighted by atomic mass is 9.91. The molecule has 1 heterocycles. The number of benzene rings is 1. The van der Waals surface area contributed by atoms with Crippen LogP contribution in [0.2, 0.25) is 5.02 Å². The lowest BCUT2D eigenvalue weighted by Gasteiger charge is -2.36. The fourth-order valence-electron chi connectivity index (χ4n) is 3.38. The predicted octanol–water partition coefficient (Wildman–Crippen LogP) is 4.16. The Labute approximate surface area is 168 Å². The van der Waals surface area contributed by atoms with Gasteiger partial charge in [0.05, 0.1) is 5.02 Å². The summed E-state index contributed by atoms with van der Waals surface area (Å²) >= 11 is 7.13. The third-order valence-electron chi connectivity index (χ3n) is 4.73. The van der Waals surface area contributed by atoms with Gasteiger partial charge >= 0.3 is 0 Å². The molecule has 0 N–H and O–H groups in total. The van der Waals surface area contributed by atoms with Crippen molar-refractivity contribution in [1.29, 1.82) is 0 Å². The first-order chi connectivity index (χ1) is 12.8. The number of rotatable bonds is 6. The van der Waals surface area contributed by atoms with Crippen molar-refractivity contribution in [2.75, 3.05) is 14.1 Å². The van der Waals surface area contributed by atoms with Crippen molar-refractivity contribution in [3.63, 3.8) is 0 Å². The predicted molar refractivity (Wildman–Crippen MR) is 105 cm³/mol. The normalized spacial score (nSPS) is 20.8. The second-order valence-corrected chi connectivity index (χ2v) is 10.2. The van der Waals surface area contributed by atoms with Crippen LogP contribution in [-0.4, -0.2) is 44.5 Å². The van der Waals surface area contributed by atoms with Gasteiger partial charge in [0.15, 0.2) is 9.84 Å². The van der Waals surface area contributed by atoms with Crippen LogP contribution in [0.5, 0.6) is 5.75 Å². The zero-order valence-corrected chi connectivity index (χ0v) is 17.6. The third kappa shape index (κ3) is 4.80. The van der Waals surface area contributed by atoms with Crippen LogP contribution in [0, 0.1) is 5.82 Å². The van der Waals surface area contributed by atoms with Gasteiger partial charge in [-0.15, -0.1) is 11.3 Å². The Hall–Kier alpha value is -1.22. The maximum atomic E-state index is 14.1. The van der Waals surface area contributed by atoms with Gasteiger partial charge in [-0.2, -0.15) is 0 Å². The molecule has 0 unspecified atom stereocenters. The van der Waals surface area contributed by atoms with E-state index in [0.29, 0.717) is 5.01 Å². The molecule has 9 heteroatoms. The lowest BCUT2D eigenvalue weighted by molar-refractivity contribution is 0.0598. The molecule has 0 amide bonds. The average Bonchev–Trinajstić information content (AvgIpc) is 3.10. The molecule has 2 aromatic rings. The molecule has 0 bridgehead atoms. The van der Waals surface area contributed by atoms with Crippen molar-refractivity contribution in [2.45, 2.75) is 48.5 Å². The molecule has 27 heavy (non-hydrogen) atoms. The average molecular weight is 433 g/mol. The molecule has 0 aliphatic heterocycles. The second kappa shape index (κ2) is 8.43. The highest BCUT2D eigenvalue weighted by Crippen LogP contribution is 2.35. The molecule has 1 saturated carbocycles. The molecule has 1 fully saturated rings. The van der Waals surface area contributed by atoms with E-state index < -0.39 is 15.7 Å². The van der Waals surface area contributed by atoms with Gasteiger partial charge in [0.2, 0.25) is 0 Å². The zero-order valence-electron chi connectivity index (χ0n) is 15.2. The molecule has 5 nitrogen and oxygen atoms in total. The van der Waals surface area contributed by atoms with Gasteiger partial charge in [-0.25, -0.2) is 17.8 Å². The highest BCUT2D eigenvalue weighted by atomic mass is 35.5. The molecule has 0 radical (unpaired) electrons. The summed E-state index contributed by atoms with van der Waals surface area (Å²) in [6, 6.07) is 2.37. The number of aromatic nitrogens is 1. The quantitative estimate of drug-likeness (QED) is 0.641. The van der Waals surface area contributed by atoms with E-state index in [1.807, 2.05) is 14.1 Å². The number of nitrogens with zero attached hydrogens (tertiary/aromatic N) is 2. The van der Waals surface area contributed by atoms with Gasteiger partial charge in [-0.1, -0.05) is 18.0 Å². The highest BCUT2D eigenvalue weighted by Gasteiger charge is 2.31. The number of sulfone groups is 1. The van der Waals surface area contributed by atoms with E-state index in [2.05, 4.69) is 9.88 Å². The first-order valence-corrected chi connectivity index (χ1v) is 11.6. The maximum Gasteiger partial charge on any atom is 0.188 e. The largest absolute Gasteiger partial charge is 0.487 e. The summed E-state index contributed by atoms with van der Waals surface area (Å²) in [6.45, 7) is 0. The second-order valence-electron chi connectivity index (χ2n) is 6.87. The third-order valence-corrected chi connectivity index (χ3v) is 7.62. The Morgan fingerprint density at radius 3 is 2.74 bits per heavy atom. The monoisotopic (exact) mass is 432 g/mol. The Morgan fingerprint density at radius 1 is 1.33 bits per heavy atom. The number of hydrogen-bond donors (Lipinski definition) is 0. The SMILES string of the molecule is CN(C)[C@H]1CCCC[C@@H]1Oc1cc(F)c(Cl)cc1S(=O)(=O)Cc1nccs1. The van der Waals surface area contributed by atoms with Crippen LogP contribution in [0.15, 0.2) is 28.6 Å². The summed E-state index contributed by atoms with van der Waals surface area (Å²) in [4.78, 5) is 6.01. The highest BCUT2D eigenvalue weighted by molar-refractivity contribution is 7.90. The lowest BCUT2D eigenvalue weighted by Crippen LogP contribution is -2.44. The van der Waals surface area contributed by atoms with Crippen LogP contribution >= 0.6 is 22.9 Å². The Kier molecular flexibility index (Phi) is 6.40. The van der Waals surface area contributed by atoms with Gasteiger partial charge in [-0.3, -0.25) is 0 Å². The molecule has 3 rings (SSSR count). The number of ether oxygens (including phenoxy) is 1. The fraction of sp³-hybridized carbons (Fsp3) is 0.500. The van der Waals surface area contributed by atoms with E-state index in [1.54, 1.807) is 11.6 Å². The van der Waals surface area contributed by atoms with Crippen LogP contribution in [-0.2, 0) is 15.6 Å². The maximum absolute atomic E-state index is 14.1. The molecule has 0 saturated heterocycles. The zero-order chi connectivity index (χ0) is 19.6. The number of thiazole rings is 1. The molecule has 1 aliphatic rings. The van der Waals surface area contributed by atoms with Crippen molar-refractivity contribution in [1.82, 2.24) is 9.88 Å². The van der Waals surface area contributed by atoms with E-state index in [-0.39, 0.29) is 33.6 Å². The molecule has 0 spiro atoms. The smallest absolute Gasteiger partial charge is 0.188 e. The van der Waals surface area contributed by atoms with E-state index >= 15 is 0 Å². The van der Waals surface area contributed by atoms with Gasteiger partial charge < -0.3 is 9.64 Å². The van der Waals surface area contributed by atoms with Crippen LogP contribution in [0.1, 0.15) is 30.7 Å². The van der Waals surface area contributed by atoms with Crippen molar-refractivity contribution < 1.29 is 17.5 Å². The van der Waals surface area contributed by atoms with Crippen LogP contribution in [0.25, 0.3) is 0 Å². The molecular weight excluding hydrogens is 411 g/mol. The minimum Gasteiger partial charge on any atom is -0.487 e. The molecule has 1 aliphatic carbocycles. The summed E-state index contributed by atoms with van der Waals surface area (Å²) in [5, 5.41) is 1.93. The van der Waals surface area contributed by atoms with E-state index in [0.717, 1.165) is 37.8 Å². The minimum atomic E-state index is -3.78. The molecular formula is C18H22ClFN2O3S2. The van der Waals surface area contributed by atoms with Crippen LogP contribution in [0.4, 0.5) is 4.39 Å². The van der Waals surface area contributed by atoms with Crippen molar-refractivity contribution in [3.05, 3.63) is 39.6 Å². The topological polar surface area (TPSA) is 59.5 Å². The first kappa shape index (κ1) is 20.5. The van der Waals surface area contributed by atoms with Crippen LogP contribution in [0.3, 0.4) is 0 Å². The van der Waals surface area contributed by atoms with Crippen LogP contribution < -0.4 is 4.74 Å². The summed E-state index contributed by atoms with van der Waals surface area (Å²) < 4.78 is 46.0. The minimum absolute atomic E-state index is 0.0206. The summed E-state index contributed by atoms with van der Waals surface area (Å²) in [6.07, 6.45) is 5.17. The van der Waals surface area contributed by atoms with Crippen molar-refractivity contribution >= 4 is 32.8 Å².